The van der Waals surface area contributed by atoms with Crippen molar-refractivity contribution in [3.8, 4) is 0 Å². The van der Waals surface area contributed by atoms with Gasteiger partial charge in [0.25, 0.3) is 0 Å². The summed E-state index contributed by atoms with van der Waals surface area (Å²) in [5.74, 6) is 1.87. The molecule has 0 aromatic rings. The Hall–Kier alpha value is -0.680. The summed E-state index contributed by atoms with van der Waals surface area (Å²) in [5, 5.41) is 22.6. The molecule has 0 radical (unpaired) electrons. The summed E-state index contributed by atoms with van der Waals surface area (Å²) < 4.78 is 12.2. The van der Waals surface area contributed by atoms with E-state index in [1.807, 2.05) is 0 Å². The molecule has 35 heavy (non-hydrogen) atoms. The van der Waals surface area contributed by atoms with E-state index in [0.29, 0.717) is 17.8 Å². The number of ether oxygens (including phenoxy) is 2. The number of rotatable bonds is 5. The molecule has 1 heterocycles. The average molecular weight is 487 g/mol. The monoisotopic (exact) mass is 486 g/mol. The van der Waals surface area contributed by atoms with Gasteiger partial charge in [0.2, 0.25) is 0 Å². The van der Waals surface area contributed by atoms with Crippen LogP contribution in [0.3, 0.4) is 0 Å². The Morgan fingerprint density at radius 1 is 1.06 bits per heavy atom. The Bertz CT molecular complexity index is 906. The van der Waals surface area contributed by atoms with Crippen molar-refractivity contribution in [3.05, 3.63) is 24.3 Å². The third-order valence-corrected chi connectivity index (χ3v) is 12.7. The molecular formula is C31H50O4. The van der Waals surface area contributed by atoms with E-state index in [-0.39, 0.29) is 27.8 Å². The second-order valence-corrected chi connectivity index (χ2v) is 14.5. The van der Waals surface area contributed by atoms with Crippen LogP contribution in [0.5, 0.6) is 0 Å². The van der Waals surface area contributed by atoms with Crippen molar-refractivity contribution in [2.24, 2.45) is 45.3 Å². The first-order chi connectivity index (χ1) is 16.2. The van der Waals surface area contributed by atoms with Gasteiger partial charge in [-0.25, -0.2) is 0 Å². The van der Waals surface area contributed by atoms with Crippen molar-refractivity contribution in [2.75, 3.05) is 7.11 Å². The van der Waals surface area contributed by atoms with Gasteiger partial charge in [0.1, 0.15) is 5.60 Å². The molecule has 3 saturated carbocycles. The highest BCUT2D eigenvalue weighted by atomic mass is 16.6. The highest BCUT2D eigenvalue weighted by Crippen LogP contribution is 2.78. The predicted octanol–water partition coefficient (Wildman–Crippen LogP) is 6.27. The lowest BCUT2D eigenvalue weighted by atomic mass is 9.38. The molecule has 5 rings (SSSR count). The Morgan fingerprint density at radius 2 is 1.77 bits per heavy atom. The fourth-order valence-electron chi connectivity index (χ4n) is 10.0. The maximum absolute atomic E-state index is 11.7. The van der Waals surface area contributed by atoms with Gasteiger partial charge < -0.3 is 19.7 Å². The second kappa shape index (κ2) is 7.91. The fraction of sp³-hybridized carbons (Fsp3) is 0.871. The first-order valence-electron chi connectivity index (χ1n) is 14.2. The molecule has 0 aromatic heterocycles. The summed E-state index contributed by atoms with van der Waals surface area (Å²) in [6.45, 7) is 16.0. The molecule has 2 bridgehead atoms. The highest BCUT2D eigenvalue weighted by molar-refractivity contribution is 5.34. The maximum Gasteiger partial charge on any atom is 0.162 e. The molecule has 4 nitrogen and oxygen atoms in total. The normalized spacial score (nSPS) is 51.2. The largest absolute Gasteiger partial charge is 0.392 e. The summed E-state index contributed by atoms with van der Waals surface area (Å²) in [6, 6.07) is 0. The van der Waals surface area contributed by atoms with Gasteiger partial charge in [0.15, 0.2) is 6.29 Å². The van der Waals surface area contributed by atoms with Crippen molar-refractivity contribution < 1.29 is 19.7 Å². The van der Waals surface area contributed by atoms with E-state index < -0.39 is 23.4 Å². The number of aliphatic hydroxyl groups is 2. The van der Waals surface area contributed by atoms with E-state index in [1.165, 1.54) is 12.8 Å². The van der Waals surface area contributed by atoms with Crippen LogP contribution in [0, 0.1) is 45.3 Å². The Balaban J connectivity index is 1.47. The van der Waals surface area contributed by atoms with Crippen molar-refractivity contribution in [3.63, 3.8) is 0 Å². The zero-order valence-corrected chi connectivity index (χ0v) is 23.4. The Kier molecular flexibility index (Phi) is 5.87. The minimum Gasteiger partial charge on any atom is -0.392 e. The zero-order valence-electron chi connectivity index (χ0n) is 23.4. The van der Waals surface area contributed by atoms with Crippen molar-refractivity contribution in [1.29, 1.82) is 0 Å². The van der Waals surface area contributed by atoms with Crippen molar-refractivity contribution in [1.82, 2.24) is 0 Å². The minimum atomic E-state index is -0.755. The second-order valence-electron chi connectivity index (χ2n) is 14.5. The number of allylic oxidation sites excluding steroid dienone is 2. The molecular weight excluding hydrogens is 436 g/mol. The average Bonchev–Trinajstić information content (AvgIpc) is 3.15. The first kappa shape index (κ1) is 25.9. The molecule has 1 aliphatic heterocycles. The van der Waals surface area contributed by atoms with Crippen molar-refractivity contribution in [2.45, 2.75) is 117 Å². The summed E-state index contributed by atoms with van der Waals surface area (Å²) in [5.41, 5.74) is -1.04. The summed E-state index contributed by atoms with van der Waals surface area (Å²) in [7, 11) is 1.77. The lowest BCUT2D eigenvalue weighted by Gasteiger charge is -2.65. The Morgan fingerprint density at radius 3 is 2.46 bits per heavy atom. The summed E-state index contributed by atoms with van der Waals surface area (Å²) in [4.78, 5) is 0. The van der Waals surface area contributed by atoms with E-state index in [0.717, 1.165) is 32.1 Å². The molecule has 0 aromatic carbocycles. The van der Waals surface area contributed by atoms with E-state index in [1.54, 1.807) is 7.11 Å². The van der Waals surface area contributed by atoms with Crippen molar-refractivity contribution >= 4 is 0 Å². The smallest absolute Gasteiger partial charge is 0.162 e. The quantitative estimate of drug-likeness (QED) is 0.450. The lowest BCUT2D eigenvalue weighted by Crippen LogP contribution is -2.65. The SMILES string of the molecule is COC(C)(C)/C=C/C[C@@H](C)[C@H]1CC[C@@]2(C)C3C=C[C@@]45OC(O)[C@]3(CC[C@]12C)C4CC[C@H](O)C5(C)C. The summed E-state index contributed by atoms with van der Waals surface area (Å²) in [6.07, 6.45) is 15.6. The highest BCUT2D eigenvalue weighted by Gasteiger charge is 2.78. The number of fused-ring (bicyclic) bond motifs is 2. The molecule has 4 fully saturated rings. The van der Waals surface area contributed by atoms with Crippen LogP contribution in [0.2, 0.25) is 0 Å². The standard InChI is InChI=1S/C31H50O4/c1-20(10-9-15-26(2,3)34-8)21-13-16-29(7)22-14-17-31-23(11-12-24(32)27(31,4)5)30(22,25(33)35-31)19-18-28(21,29)6/h9,14-15,17,20-25,32-33H,10-13,16,18-19H2,1-8H3/b15-9+/t20-,21-,22?,23?,24+,25?,28-,29+,30+,31-/m1/s1. The number of hydrogen-bond acceptors (Lipinski definition) is 4. The number of hydrogen-bond donors (Lipinski definition) is 2. The van der Waals surface area contributed by atoms with E-state index in [2.05, 4.69) is 72.8 Å². The summed E-state index contributed by atoms with van der Waals surface area (Å²) >= 11 is 0. The molecule has 4 heteroatoms. The fourth-order valence-corrected chi connectivity index (χ4v) is 10.0. The Labute approximate surface area is 213 Å². The van der Waals surface area contributed by atoms with E-state index in [9.17, 15) is 10.2 Å². The van der Waals surface area contributed by atoms with Crippen LogP contribution in [0.4, 0.5) is 0 Å². The third kappa shape index (κ3) is 3.12. The van der Waals surface area contributed by atoms with Crippen LogP contribution >= 0.6 is 0 Å². The molecule has 198 valence electrons. The molecule has 1 spiro atoms. The van der Waals surface area contributed by atoms with Crippen LogP contribution in [0.25, 0.3) is 0 Å². The molecule has 5 aliphatic rings. The van der Waals surface area contributed by atoms with Crippen LogP contribution in [-0.2, 0) is 9.47 Å². The lowest BCUT2D eigenvalue weighted by molar-refractivity contribution is -0.213. The van der Waals surface area contributed by atoms with Gasteiger partial charge in [0.05, 0.1) is 11.7 Å². The first-order valence-corrected chi connectivity index (χ1v) is 14.2. The van der Waals surface area contributed by atoms with Crippen LogP contribution < -0.4 is 0 Å². The van der Waals surface area contributed by atoms with Crippen LogP contribution in [0.15, 0.2) is 24.3 Å². The maximum atomic E-state index is 11.7. The van der Waals surface area contributed by atoms with Gasteiger partial charge in [0, 0.05) is 23.9 Å². The molecule has 3 unspecified atom stereocenters. The minimum absolute atomic E-state index is 0.136. The number of aliphatic hydroxyl groups excluding tert-OH is 2. The molecule has 4 aliphatic carbocycles. The number of methoxy groups -OCH3 is 1. The van der Waals surface area contributed by atoms with Crippen LogP contribution in [0.1, 0.15) is 93.4 Å². The van der Waals surface area contributed by atoms with Gasteiger partial charge in [-0.1, -0.05) is 58.9 Å². The molecule has 0 amide bonds. The predicted molar refractivity (Wildman–Crippen MR) is 140 cm³/mol. The molecule has 10 atom stereocenters. The van der Waals surface area contributed by atoms with E-state index >= 15 is 0 Å². The van der Waals surface area contributed by atoms with Gasteiger partial charge in [-0.3, -0.25) is 0 Å². The zero-order chi connectivity index (χ0) is 25.7. The van der Waals surface area contributed by atoms with Gasteiger partial charge in [-0.15, -0.1) is 0 Å². The van der Waals surface area contributed by atoms with Gasteiger partial charge in [-0.05, 0) is 87.4 Å². The molecule has 2 N–H and O–H groups in total. The molecule has 1 saturated heterocycles. The topological polar surface area (TPSA) is 58.9 Å². The van der Waals surface area contributed by atoms with Gasteiger partial charge >= 0.3 is 0 Å². The van der Waals surface area contributed by atoms with E-state index in [4.69, 9.17) is 9.47 Å². The third-order valence-electron chi connectivity index (χ3n) is 12.7. The van der Waals surface area contributed by atoms with Crippen LogP contribution in [-0.4, -0.2) is 40.9 Å². The van der Waals surface area contributed by atoms with Gasteiger partial charge in [-0.2, -0.15) is 0 Å².